The fourth-order valence-corrected chi connectivity index (χ4v) is 1.94. The van der Waals surface area contributed by atoms with Gasteiger partial charge in [0.2, 0.25) is 0 Å². The molecule has 2 N–H and O–H groups in total. The second-order valence-corrected chi connectivity index (χ2v) is 4.88. The maximum Gasteiger partial charge on any atom is 0.0951 e. The van der Waals surface area contributed by atoms with Crippen molar-refractivity contribution in [2.45, 2.75) is 6.04 Å². The van der Waals surface area contributed by atoms with Gasteiger partial charge in [-0.05, 0) is 19.5 Å². The molecule has 1 rings (SSSR count). The molecule has 1 aromatic rings. The van der Waals surface area contributed by atoms with Crippen LogP contribution in [0.5, 0.6) is 0 Å². The van der Waals surface area contributed by atoms with E-state index in [1.165, 1.54) is 11.8 Å². The van der Waals surface area contributed by atoms with Crippen LogP contribution >= 0.6 is 11.8 Å². The van der Waals surface area contributed by atoms with E-state index in [9.17, 15) is 0 Å². The monoisotopic (exact) mass is 238 g/mol. The summed E-state index contributed by atoms with van der Waals surface area (Å²) in [5, 5.41) is 6.00. The van der Waals surface area contributed by atoms with Gasteiger partial charge < -0.3 is 10.6 Å². The molecule has 4 nitrogen and oxygen atoms in total. The lowest BCUT2D eigenvalue weighted by molar-refractivity contribution is 0.340. The number of rotatable bonds is 6. The summed E-state index contributed by atoms with van der Waals surface area (Å²) in [6.45, 7) is 8.58. The Morgan fingerprint density at radius 3 is 2.88 bits per heavy atom. The third kappa shape index (κ3) is 3.43. The lowest BCUT2D eigenvalue weighted by Gasteiger charge is -2.22. The standard InChI is InChI=1S/C11H18N4S/c1-5-16-9(2)11(8-14(3)4)15-7-10(12)6-13-15/h5-7,11H,1-2,8,12H2,3-4H3. The molecule has 0 spiro atoms. The summed E-state index contributed by atoms with van der Waals surface area (Å²) in [7, 11) is 4.04. The van der Waals surface area contributed by atoms with Crippen LogP contribution in [0.25, 0.3) is 0 Å². The van der Waals surface area contributed by atoms with Gasteiger partial charge in [-0.25, -0.2) is 0 Å². The van der Waals surface area contributed by atoms with Crippen LogP contribution in [0, 0.1) is 0 Å². The second-order valence-electron chi connectivity index (χ2n) is 3.78. The lowest BCUT2D eigenvalue weighted by Crippen LogP contribution is -2.25. The van der Waals surface area contributed by atoms with Crippen molar-refractivity contribution in [2.24, 2.45) is 0 Å². The highest BCUT2D eigenvalue weighted by Crippen LogP contribution is 2.27. The first-order chi connectivity index (χ1) is 7.54. The maximum atomic E-state index is 5.67. The van der Waals surface area contributed by atoms with Gasteiger partial charge in [0.1, 0.15) is 0 Å². The van der Waals surface area contributed by atoms with Gasteiger partial charge in [-0.1, -0.05) is 13.2 Å². The molecule has 0 aliphatic carbocycles. The molecule has 1 heterocycles. The summed E-state index contributed by atoms with van der Waals surface area (Å²) in [4.78, 5) is 3.10. The van der Waals surface area contributed by atoms with Crippen molar-refractivity contribution < 1.29 is 0 Å². The Balaban J connectivity index is 2.86. The minimum atomic E-state index is 0.107. The Bertz CT molecular complexity index is 370. The number of nitrogens with two attached hydrogens (primary N) is 1. The SMILES string of the molecule is C=CSC(=C)C(CN(C)C)n1cc(N)cn1. The van der Waals surface area contributed by atoms with E-state index >= 15 is 0 Å². The molecule has 0 radical (unpaired) electrons. The third-order valence-electron chi connectivity index (χ3n) is 2.09. The van der Waals surface area contributed by atoms with Gasteiger partial charge in [0.15, 0.2) is 0 Å². The minimum Gasteiger partial charge on any atom is -0.396 e. The summed E-state index contributed by atoms with van der Waals surface area (Å²) in [6, 6.07) is 0.107. The van der Waals surface area contributed by atoms with Crippen LogP contribution in [0.3, 0.4) is 0 Å². The molecule has 0 saturated heterocycles. The van der Waals surface area contributed by atoms with Crippen LogP contribution in [0.2, 0.25) is 0 Å². The second kappa shape index (κ2) is 5.77. The van der Waals surface area contributed by atoms with Gasteiger partial charge in [-0.15, -0.1) is 11.8 Å². The van der Waals surface area contributed by atoms with E-state index in [0.717, 1.165) is 11.4 Å². The molecule has 1 unspecified atom stereocenters. The topological polar surface area (TPSA) is 47.1 Å². The minimum absolute atomic E-state index is 0.107. The van der Waals surface area contributed by atoms with Crippen molar-refractivity contribution in [2.75, 3.05) is 26.4 Å². The first-order valence-corrected chi connectivity index (χ1v) is 5.83. The fraction of sp³-hybridized carbons (Fsp3) is 0.364. The highest BCUT2D eigenvalue weighted by molar-refractivity contribution is 8.05. The summed E-state index contributed by atoms with van der Waals surface area (Å²) < 4.78 is 1.84. The van der Waals surface area contributed by atoms with Crippen LogP contribution in [0.4, 0.5) is 5.69 Å². The number of anilines is 1. The van der Waals surface area contributed by atoms with Crippen molar-refractivity contribution >= 4 is 17.4 Å². The molecule has 0 aliphatic rings. The van der Waals surface area contributed by atoms with Crippen molar-refractivity contribution in [1.29, 1.82) is 0 Å². The fourth-order valence-electron chi connectivity index (χ4n) is 1.39. The molecule has 0 aromatic carbocycles. The average molecular weight is 238 g/mol. The molecule has 0 saturated carbocycles. The predicted octanol–water partition coefficient (Wildman–Crippen LogP) is 1.96. The van der Waals surface area contributed by atoms with E-state index in [2.05, 4.69) is 23.2 Å². The van der Waals surface area contributed by atoms with Crippen LogP contribution < -0.4 is 5.73 Å². The number of nitrogen functional groups attached to an aromatic ring is 1. The van der Waals surface area contributed by atoms with Gasteiger partial charge >= 0.3 is 0 Å². The number of hydrogen-bond acceptors (Lipinski definition) is 4. The first kappa shape index (κ1) is 12.9. The van der Waals surface area contributed by atoms with Crippen LogP contribution in [-0.2, 0) is 0 Å². The predicted molar refractivity (Wildman–Crippen MR) is 71.2 cm³/mol. The molecule has 0 fully saturated rings. The van der Waals surface area contributed by atoms with Crippen LogP contribution in [0.15, 0.2) is 35.9 Å². The van der Waals surface area contributed by atoms with Gasteiger partial charge in [-0.3, -0.25) is 4.68 Å². The number of thioether (sulfide) groups is 1. The van der Waals surface area contributed by atoms with Gasteiger partial charge in [0.25, 0.3) is 0 Å². The molecule has 0 aliphatic heterocycles. The number of nitrogens with zero attached hydrogens (tertiary/aromatic N) is 3. The smallest absolute Gasteiger partial charge is 0.0951 e. The Kier molecular flexibility index (Phi) is 4.64. The molecule has 0 bridgehead atoms. The molecule has 1 atom stereocenters. The average Bonchev–Trinajstić information content (AvgIpc) is 2.61. The molecule has 5 heteroatoms. The molecule has 1 aromatic heterocycles. The summed E-state index contributed by atoms with van der Waals surface area (Å²) in [5.74, 6) is 0. The van der Waals surface area contributed by atoms with E-state index < -0.39 is 0 Å². The van der Waals surface area contributed by atoms with E-state index in [1.807, 2.05) is 25.0 Å². The van der Waals surface area contributed by atoms with E-state index in [1.54, 1.807) is 11.6 Å². The molecule has 0 amide bonds. The molecular weight excluding hydrogens is 220 g/mol. The normalized spacial score (nSPS) is 12.7. The summed E-state index contributed by atoms with van der Waals surface area (Å²) in [5.41, 5.74) is 6.33. The Morgan fingerprint density at radius 1 is 1.75 bits per heavy atom. The first-order valence-electron chi connectivity index (χ1n) is 4.95. The van der Waals surface area contributed by atoms with E-state index in [4.69, 9.17) is 5.73 Å². The highest BCUT2D eigenvalue weighted by atomic mass is 32.2. The molecule has 16 heavy (non-hydrogen) atoms. The zero-order valence-electron chi connectivity index (χ0n) is 9.76. The molecular formula is C11H18N4S. The third-order valence-corrected chi connectivity index (χ3v) is 2.83. The van der Waals surface area contributed by atoms with Crippen LogP contribution in [-0.4, -0.2) is 35.3 Å². The Hall–Kier alpha value is -1.20. The van der Waals surface area contributed by atoms with Gasteiger partial charge in [-0.2, -0.15) is 5.10 Å². The van der Waals surface area contributed by atoms with Crippen molar-refractivity contribution in [3.63, 3.8) is 0 Å². The number of hydrogen-bond donors (Lipinski definition) is 1. The Labute approximate surface area is 101 Å². The Morgan fingerprint density at radius 2 is 2.44 bits per heavy atom. The van der Waals surface area contributed by atoms with Crippen LogP contribution in [0.1, 0.15) is 6.04 Å². The largest absolute Gasteiger partial charge is 0.396 e. The highest BCUT2D eigenvalue weighted by Gasteiger charge is 2.16. The lowest BCUT2D eigenvalue weighted by atomic mass is 10.3. The summed E-state index contributed by atoms with van der Waals surface area (Å²) >= 11 is 1.53. The number of likely N-dealkylation sites (N-methyl/N-ethyl adjacent to an activating group) is 1. The van der Waals surface area contributed by atoms with E-state index in [0.29, 0.717) is 5.69 Å². The van der Waals surface area contributed by atoms with Gasteiger partial charge in [0.05, 0.1) is 17.9 Å². The quantitative estimate of drug-likeness (QED) is 0.823. The zero-order valence-corrected chi connectivity index (χ0v) is 10.6. The zero-order chi connectivity index (χ0) is 12.1. The van der Waals surface area contributed by atoms with Crippen molar-refractivity contribution in [3.8, 4) is 0 Å². The number of aromatic nitrogens is 2. The van der Waals surface area contributed by atoms with Crippen molar-refractivity contribution in [1.82, 2.24) is 14.7 Å². The van der Waals surface area contributed by atoms with Gasteiger partial charge in [0, 0.05) is 17.6 Å². The summed E-state index contributed by atoms with van der Waals surface area (Å²) in [6.07, 6.45) is 3.47. The van der Waals surface area contributed by atoms with Crippen molar-refractivity contribution in [3.05, 3.63) is 35.9 Å². The van der Waals surface area contributed by atoms with E-state index in [-0.39, 0.29) is 6.04 Å². The maximum absolute atomic E-state index is 5.67. The molecule has 88 valence electrons.